The van der Waals surface area contributed by atoms with Gasteiger partial charge in [0.1, 0.15) is 17.6 Å². The Morgan fingerprint density at radius 1 is 1.47 bits per heavy atom. The monoisotopic (exact) mass is 273 g/mol. The van der Waals surface area contributed by atoms with E-state index < -0.39 is 11.9 Å². The third-order valence-corrected chi connectivity index (χ3v) is 2.48. The molecule has 0 bridgehead atoms. The lowest BCUT2D eigenvalue weighted by Gasteiger charge is -2.16. The highest BCUT2D eigenvalue weighted by molar-refractivity contribution is 5.53. The highest BCUT2D eigenvalue weighted by Crippen LogP contribution is 2.29. The molecule has 1 unspecified atom stereocenters. The molecule has 0 aliphatic rings. The lowest BCUT2D eigenvalue weighted by atomic mass is 10.1. The highest BCUT2D eigenvalue weighted by Gasteiger charge is 2.33. The number of pyridine rings is 1. The van der Waals surface area contributed by atoms with Gasteiger partial charge in [0.25, 0.3) is 0 Å². The maximum Gasteiger partial charge on any atom is 0.433 e. The van der Waals surface area contributed by atoms with Crippen LogP contribution in [0.15, 0.2) is 12.1 Å². The number of nitriles is 1. The Morgan fingerprint density at radius 3 is 2.68 bits per heavy atom. The van der Waals surface area contributed by atoms with E-state index in [-0.39, 0.29) is 24.0 Å². The van der Waals surface area contributed by atoms with Crippen molar-refractivity contribution in [1.29, 1.82) is 5.26 Å². The summed E-state index contributed by atoms with van der Waals surface area (Å²) in [4.78, 5) is 3.44. The summed E-state index contributed by atoms with van der Waals surface area (Å²) in [5.74, 6) is -0.0808. The molecule has 1 atom stereocenters. The number of nitrogens with one attached hydrogen (secondary N) is 1. The molecule has 1 rings (SSSR count). The van der Waals surface area contributed by atoms with Crippen LogP contribution in [0.2, 0.25) is 0 Å². The van der Waals surface area contributed by atoms with Gasteiger partial charge in [0.2, 0.25) is 0 Å². The van der Waals surface area contributed by atoms with Gasteiger partial charge in [0, 0.05) is 12.6 Å². The molecular formula is C12H14F3N3O. The van der Waals surface area contributed by atoms with Crippen molar-refractivity contribution in [1.82, 2.24) is 4.98 Å². The molecule has 1 aromatic rings. The number of nitrogens with zero attached hydrogens (tertiary/aromatic N) is 2. The van der Waals surface area contributed by atoms with Gasteiger partial charge >= 0.3 is 6.18 Å². The fourth-order valence-corrected chi connectivity index (χ4v) is 1.52. The molecule has 0 fully saturated rings. The van der Waals surface area contributed by atoms with Crippen LogP contribution in [-0.4, -0.2) is 22.7 Å². The van der Waals surface area contributed by atoms with Crippen LogP contribution in [0.4, 0.5) is 19.0 Å². The zero-order valence-electron chi connectivity index (χ0n) is 10.3. The quantitative estimate of drug-likeness (QED) is 0.865. The minimum Gasteiger partial charge on any atom is -0.396 e. The summed E-state index contributed by atoms with van der Waals surface area (Å²) < 4.78 is 37.6. The van der Waals surface area contributed by atoms with Crippen molar-refractivity contribution in [3.8, 4) is 6.07 Å². The molecule has 0 radical (unpaired) electrons. The highest BCUT2D eigenvalue weighted by atomic mass is 19.4. The Bertz CT molecular complexity index is 468. The minimum absolute atomic E-state index is 0.00709. The van der Waals surface area contributed by atoms with Gasteiger partial charge < -0.3 is 10.4 Å². The van der Waals surface area contributed by atoms with E-state index in [0.29, 0.717) is 12.8 Å². The predicted molar refractivity (Wildman–Crippen MR) is 63.4 cm³/mol. The lowest BCUT2D eigenvalue weighted by molar-refractivity contribution is -0.141. The number of anilines is 1. The summed E-state index contributed by atoms with van der Waals surface area (Å²) in [5.41, 5.74) is -0.979. The third-order valence-electron chi connectivity index (χ3n) is 2.48. The maximum atomic E-state index is 12.5. The van der Waals surface area contributed by atoms with Crippen molar-refractivity contribution in [3.63, 3.8) is 0 Å². The smallest absolute Gasteiger partial charge is 0.396 e. The first kappa shape index (κ1) is 15.2. The van der Waals surface area contributed by atoms with Gasteiger partial charge in [-0.1, -0.05) is 0 Å². The Labute approximate surface area is 108 Å². The summed E-state index contributed by atoms with van der Waals surface area (Å²) in [6, 6.07) is 3.48. The lowest BCUT2D eigenvalue weighted by Crippen LogP contribution is -2.19. The summed E-state index contributed by atoms with van der Waals surface area (Å²) in [5, 5.41) is 20.3. The van der Waals surface area contributed by atoms with Crippen LogP contribution in [-0.2, 0) is 6.18 Å². The summed E-state index contributed by atoms with van der Waals surface area (Å²) in [6.07, 6.45) is -3.45. The molecule has 0 spiro atoms. The molecule has 0 aliphatic carbocycles. The van der Waals surface area contributed by atoms with E-state index in [9.17, 15) is 13.2 Å². The van der Waals surface area contributed by atoms with Gasteiger partial charge in [-0.05, 0) is 31.9 Å². The zero-order chi connectivity index (χ0) is 14.5. The van der Waals surface area contributed by atoms with Crippen LogP contribution in [0, 0.1) is 11.3 Å². The summed E-state index contributed by atoms with van der Waals surface area (Å²) in [6.45, 7) is 1.76. The first-order chi connectivity index (χ1) is 8.88. The molecule has 104 valence electrons. The second-order valence-electron chi connectivity index (χ2n) is 4.11. The second-order valence-corrected chi connectivity index (χ2v) is 4.11. The minimum atomic E-state index is -4.54. The standard InChI is InChI=1S/C12H14F3N3O/c1-8(3-2-6-19)17-11-9(7-16)4-5-10(18-11)12(13,14)15/h4-5,8,19H,2-3,6H2,1H3,(H,17,18). The largest absolute Gasteiger partial charge is 0.433 e. The number of alkyl halides is 3. The van der Waals surface area contributed by atoms with Crippen molar-refractivity contribution in [2.45, 2.75) is 32.0 Å². The summed E-state index contributed by atoms with van der Waals surface area (Å²) in [7, 11) is 0. The first-order valence-electron chi connectivity index (χ1n) is 5.74. The normalized spacial score (nSPS) is 12.8. The second kappa shape index (κ2) is 6.38. The van der Waals surface area contributed by atoms with Crippen LogP contribution >= 0.6 is 0 Å². The molecule has 19 heavy (non-hydrogen) atoms. The number of aromatic nitrogens is 1. The van der Waals surface area contributed by atoms with Crippen molar-refractivity contribution < 1.29 is 18.3 Å². The fraction of sp³-hybridized carbons (Fsp3) is 0.500. The Hall–Kier alpha value is -1.81. The van der Waals surface area contributed by atoms with Crippen LogP contribution < -0.4 is 5.32 Å². The molecule has 0 saturated heterocycles. The van der Waals surface area contributed by atoms with E-state index in [1.165, 1.54) is 0 Å². The van der Waals surface area contributed by atoms with E-state index in [0.717, 1.165) is 12.1 Å². The van der Waals surface area contributed by atoms with E-state index >= 15 is 0 Å². The molecule has 0 amide bonds. The van der Waals surface area contributed by atoms with Gasteiger partial charge in [-0.2, -0.15) is 18.4 Å². The van der Waals surface area contributed by atoms with E-state index in [1.54, 1.807) is 13.0 Å². The number of aliphatic hydroxyl groups is 1. The summed E-state index contributed by atoms with van der Waals surface area (Å²) >= 11 is 0. The van der Waals surface area contributed by atoms with Crippen molar-refractivity contribution >= 4 is 5.82 Å². The van der Waals surface area contributed by atoms with Crippen molar-refractivity contribution in [2.75, 3.05) is 11.9 Å². The van der Waals surface area contributed by atoms with E-state index in [2.05, 4.69) is 10.3 Å². The molecule has 7 heteroatoms. The first-order valence-corrected chi connectivity index (χ1v) is 5.74. The molecule has 2 N–H and O–H groups in total. The number of hydrogen-bond acceptors (Lipinski definition) is 4. The predicted octanol–water partition coefficient (Wildman–Crippen LogP) is 2.54. The number of halogens is 3. The van der Waals surface area contributed by atoms with Gasteiger partial charge in [0.15, 0.2) is 0 Å². The zero-order valence-corrected chi connectivity index (χ0v) is 10.3. The Balaban J connectivity index is 2.94. The van der Waals surface area contributed by atoms with Crippen LogP contribution in [0.25, 0.3) is 0 Å². The SMILES string of the molecule is CC(CCCO)Nc1nc(C(F)(F)F)ccc1C#N. The van der Waals surface area contributed by atoms with Crippen LogP contribution in [0.3, 0.4) is 0 Å². The average Bonchev–Trinajstić information content (AvgIpc) is 2.35. The van der Waals surface area contributed by atoms with Gasteiger partial charge in [-0.3, -0.25) is 0 Å². The molecule has 1 aromatic heterocycles. The van der Waals surface area contributed by atoms with Gasteiger partial charge in [0.05, 0.1) is 5.56 Å². The Kier molecular flexibility index (Phi) is 5.12. The molecular weight excluding hydrogens is 259 g/mol. The van der Waals surface area contributed by atoms with Gasteiger partial charge in [-0.15, -0.1) is 0 Å². The van der Waals surface area contributed by atoms with Gasteiger partial charge in [-0.25, -0.2) is 4.98 Å². The van der Waals surface area contributed by atoms with Crippen LogP contribution in [0.1, 0.15) is 31.0 Å². The maximum absolute atomic E-state index is 12.5. The Morgan fingerprint density at radius 2 is 2.16 bits per heavy atom. The molecule has 0 saturated carbocycles. The third kappa shape index (κ3) is 4.41. The van der Waals surface area contributed by atoms with Crippen molar-refractivity contribution in [3.05, 3.63) is 23.4 Å². The average molecular weight is 273 g/mol. The molecule has 4 nitrogen and oxygen atoms in total. The fourth-order valence-electron chi connectivity index (χ4n) is 1.52. The van der Waals surface area contributed by atoms with Crippen molar-refractivity contribution in [2.24, 2.45) is 0 Å². The molecule has 0 aromatic carbocycles. The topological polar surface area (TPSA) is 68.9 Å². The number of hydrogen-bond donors (Lipinski definition) is 2. The van der Waals surface area contributed by atoms with E-state index in [1.807, 2.05) is 0 Å². The molecule has 1 heterocycles. The number of rotatable bonds is 5. The van der Waals surface area contributed by atoms with Crippen LogP contribution in [0.5, 0.6) is 0 Å². The van der Waals surface area contributed by atoms with E-state index in [4.69, 9.17) is 10.4 Å². The number of aliphatic hydroxyl groups excluding tert-OH is 1. The molecule has 0 aliphatic heterocycles.